The lowest BCUT2D eigenvalue weighted by atomic mass is 10.1. The van der Waals surface area contributed by atoms with E-state index in [0.717, 1.165) is 25.9 Å². The Labute approximate surface area is 110 Å². The van der Waals surface area contributed by atoms with Crippen LogP contribution in [0.3, 0.4) is 0 Å². The number of rotatable bonds is 4. The van der Waals surface area contributed by atoms with Crippen molar-refractivity contribution in [1.29, 1.82) is 0 Å². The van der Waals surface area contributed by atoms with Gasteiger partial charge >= 0.3 is 5.97 Å². The van der Waals surface area contributed by atoms with E-state index in [1.807, 2.05) is 0 Å². The van der Waals surface area contributed by atoms with Gasteiger partial charge in [0.05, 0.1) is 12.4 Å². The second-order valence-electron chi connectivity index (χ2n) is 4.61. The van der Waals surface area contributed by atoms with Gasteiger partial charge in [-0.1, -0.05) is 0 Å². The summed E-state index contributed by atoms with van der Waals surface area (Å²) < 4.78 is 5.56. The standard InChI is InChI=1S/C12H17N3O4/c1-15(6-8-4-2-3-5-19-8)11(16)9-10(12(17)18)14-7-13-9/h7-8H,2-6H2,1H3,(H,13,14)(H,17,18). The minimum absolute atomic E-state index is 0.0231. The third-order valence-electron chi connectivity index (χ3n) is 3.15. The first-order chi connectivity index (χ1) is 9.09. The number of carboxylic acid groups (broad SMARTS) is 1. The fourth-order valence-electron chi connectivity index (χ4n) is 2.14. The summed E-state index contributed by atoms with van der Waals surface area (Å²) in [6.45, 7) is 1.17. The van der Waals surface area contributed by atoms with E-state index in [-0.39, 0.29) is 17.5 Å². The molecule has 2 rings (SSSR count). The number of likely N-dealkylation sites (N-methyl/N-ethyl adjacent to an activating group) is 1. The van der Waals surface area contributed by atoms with Crippen LogP contribution in [0.2, 0.25) is 0 Å². The third kappa shape index (κ3) is 3.11. The van der Waals surface area contributed by atoms with Crippen molar-refractivity contribution in [3.05, 3.63) is 17.7 Å². The smallest absolute Gasteiger partial charge is 0.354 e. The van der Waals surface area contributed by atoms with Crippen LogP contribution in [0.25, 0.3) is 0 Å². The Morgan fingerprint density at radius 1 is 1.58 bits per heavy atom. The Hall–Kier alpha value is -1.89. The van der Waals surface area contributed by atoms with Crippen molar-refractivity contribution < 1.29 is 19.4 Å². The number of aromatic nitrogens is 2. The monoisotopic (exact) mass is 267 g/mol. The van der Waals surface area contributed by atoms with Crippen LogP contribution >= 0.6 is 0 Å². The maximum Gasteiger partial charge on any atom is 0.354 e. The summed E-state index contributed by atoms with van der Waals surface area (Å²) >= 11 is 0. The SMILES string of the molecule is CN(CC1CCCCO1)C(=O)c1nc[nH]c1C(=O)O. The zero-order valence-electron chi connectivity index (χ0n) is 10.8. The van der Waals surface area contributed by atoms with E-state index < -0.39 is 11.9 Å². The molecule has 1 amide bonds. The second-order valence-corrected chi connectivity index (χ2v) is 4.61. The number of ether oxygens (including phenoxy) is 1. The lowest BCUT2D eigenvalue weighted by Gasteiger charge is -2.27. The largest absolute Gasteiger partial charge is 0.477 e. The molecule has 2 N–H and O–H groups in total. The van der Waals surface area contributed by atoms with E-state index in [4.69, 9.17) is 9.84 Å². The van der Waals surface area contributed by atoms with Gasteiger partial charge < -0.3 is 19.7 Å². The van der Waals surface area contributed by atoms with Crippen molar-refractivity contribution in [3.63, 3.8) is 0 Å². The molecule has 1 atom stereocenters. The molecule has 1 fully saturated rings. The van der Waals surface area contributed by atoms with Gasteiger partial charge in [-0.2, -0.15) is 0 Å². The predicted molar refractivity (Wildman–Crippen MR) is 66.1 cm³/mol. The summed E-state index contributed by atoms with van der Waals surface area (Å²) in [6, 6.07) is 0. The lowest BCUT2D eigenvalue weighted by molar-refractivity contribution is -0.000311. The third-order valence-corrected chi connectivity index (χ3v) is 3.15. The van der Waals surface area contributed by atoms with Crippen molar-refractivity contribution in [3.8, 4) is 0 Å². The fraction of sp³-hybridized carbons (Fsp3) is 0.583. The van der Waals surface area contributed by atoms with Gasteiger partial charge in [-0.25, -0.2) is 9.78 Å². The second kappa shape index (κ2) is 5.83. The summed E-state index contributed by atoms with van der Waals surface area (Å²) in [4.78, 5) is 30.8. The number of aromatic carboxylic acids is 1. The van der Waals surface area contributed by atoms with E-state index in [9.17, 15) is 9.59 Å². The molecule has 104 valence electrons. The van der Waals surface area contributed by atoms with Crippen molar-refractivity contribution in [1.82, 2.24) is 14.9 Å². The van der Waals surface area contributed by atoms with Gasteiger partial charge in [0.15, 0.2) is 11.4 Å². The predicted octanol–water partition coefficient (Wildman–Crippen LogP) is 0.749. The summed E-state index contributed by atoms with van der Waals surface area (Å²) in [5, 5.41) is 8.94. The molecule has 1 aliphatic rings. The summed E-state index contributed by atoms with van der Waals surface area (Å²) in [6.07, 6.45) is 4.30. The number of carbonyl (C=O) groups is 2. The van der Waals surface area contributed by atoms with E-state index in [0.29, 0.717) is 6.54 Å². The van der Waals surface area contributed by atoms with Crippen molar-refractivity contribution in [2.75, 3.05) is 20.2 Å². The number of imidazole rings is 1. The normalized spacial score (nSPS) is 19.1. The first-order valence-corrected chi connectivity index (χ1v) is 6.23. The number of hydrogen-bond donors (Lipinski definition) is 2. The van der Waals surface area contributed by atoms with Crippen molar-refractivity contribution >= 4 is 11.9 Å². The van der Waals surface area contributed by atoms with Crippen LogP contribution in [-0.2, 0) is 4.74 Å². The van der Waals surface area contributed by atoms with E-state index in [2.05, 4.69) is 9.97 Å². The number of nitrogens with zero attached hydrogens (tertiary/aromatic N) is 2. The molecule has 0 aromatic carbocycles. The van der Waals surface area contributed by atoms with Crippen LogP contribution in [0, 0.1) is 0 Å². The Morgan fingerprint density at radius 2 is 2.37 bits per heavy atom. The molecule has 1 aromatic rings. The molecule has 0 spiro atoms. The highest BCUT2D eigenvalue weighted by molar-refractivity contribution is 6.02. The molecular formula is C12H17N3O4. The molecule has 0 aliphatic carbocycles. The Kier molecular flexibility index (Phi) is 4.16. The number of carboxylic acids is 1. The summed E-state index contributed by atoms with van der Waals surface area (Å²) in [7, 11) is 1.63. The van der Waals surface area contributed by atoms with Crippen LogP contribution < -0.4 is 0 Å². The maximum atomic E-state index is 12.1. The molecule has 0 radical (unpaired) electrons. The quantitative estimate of drug-likeness (QED) is 0.839. The van der Waals surface area contributed by atoms with E-state index in [1.165, 1.54) is 11.2 Å². The number of amides is 1. The van der Waals surface area contributed by atoms with Gasteiger partial charge in [-0.05, 0) is 19.3 Å². The molecule has 0 saturated carbocycles. The Balaban J connectivity index is 2.01. The minimum Gasteiger partial charge on any atom is -0.477 e. The first kappa shape index (κ1) is 13.5. The zero-order valence-corrected chi connectivity index (χ0v) is 10.8. The van der Waals surface area contributed by atoms with Crippen molar-refractivity contribution in [2.45, 2.75) is 25.4 Å². The highest BCUT2D eigenvalue weighted by Crippen LogP contribution is 2.14. The van der Waals surface area contributed by atoms with Crippen LogP contribution in [0.15, 0.2) is 6.33 Å². The van der Waals surface area contributed by atoms with Crippen LogP contribution in [0.4, 0.5) is 0 Å². The average molecular weight is 267 g/mol. The topological polar surface area (TPSA) is 95.5 Å². The fourth-order valence-corrected chi connectivity index (χ4v) is 2.14. The van der Waals surface area contributed by atoms with Gasteiger partial charge in [0.25, 0.3) is 5.91 Å². The van der Waals surface area contributed by atoms with Gasteiger partial charge in [0.1, 0.15) is 0 Å². The highest BCUT2D eigenvalue weighted by Gasteiger charge is 2.25. The van der Waals surface area contributed by atoms with Gasteiger partial charge in [0.2, 0.25) is 0 Å². The van der Waals surface area contributed by atoms with E-state index in [1.54, 1.807) is 7.05 Å². The summed E-state index contributed by atoms with van der Waals surface area (Å²) in [5.74, 6) is -1.60. The molecule has 7 nitrogen and oxygen atoms in total. The van der Waals surface area contributed by atoms with E-state index >= 15 is 0 Å². The maximum absolute atomic E-state index is 12.1. The van der Waals surface area contributed by atoms with Gasteiger partial charge in [-0.3, -0.25) is 4.79 Å². The Morgan fingerprint density at radius 3 is 3.00 bits per heavy atom. The molecule has 7 heteroatoms. The lowest BCUT2D eigenvalue weighted by Crippen LogP contribution is -2.37. The number of nitrogens with one attached hydrogen (secondary N) is 1. The number of H-pyrrole nitrogens is 1. The summed E-state index contributed by atoms with van der Waals surface area (Å²) in [5.41, 5.74) is -0.243. The van der Waals surface area contributed by atoms with Crippen LogP contribution in [0.1, 0.15) is 40.2 Å². The number of carbonyl (C=O) groups excluding carboxylic acids is 1. The van der Waals surface area contributed by atoms with Gasteiger partial charge in [0, 0.05) is 20.2 Å². The molecule has 1 saturated heterocycles. The average Bonchev–Trinajstić information content (AvgIpc) is 2.88. The zero-order chi connectivity index (χ0) is 13.8. The van der Waals surface area contributed by atoms with Crippen LogP contribution in [0.5, 0.6) is 0 Å². The molecule has 1 aliphatic heterocycles. The first-order valence-electron chi connectivity index (χ1n) is 6.23. The van der Waals surface area contributed by atoms with Crippen molar-refractivity contribution in [2.24, 2.45) is 0 Å². The van der Waals surface area contributed by atoms with Crippen LogP contribution in [-0.4, -0.2) is 58.2 Å². The molecule has 19 heavy (non-hydrogen) atoms. The number of aromatic amines is 1. The molecule has 1 aromatic heterocycles. The molecule has 2 heterocycles. The van der Waals surface area contributed by atoms with Gasteiger partial charge in [-0.15, -0.1) is 0 Å². The molecule has 0 bridgehead atoms. The minimum atomic E-state index is -1.19. The molecular weight excluding hydrogens is 250 g/mol. The number of hydrogen-bond acceptors (Lipinski definition) is 4. The highest BCUT2D eigenvalue weighted by atomic mass is 16.5. The Bertz CT molecular complexity index is 465. The molecule has 1 unspecified atom stereocenters.